The van der Waals surface area contributed by atoms with Gasteiger partial charge >= 0.3 is 12.1 Å². The van der Waals surface area contributed by atoms with E-state index in [2.05, 4.69) is 5.32 Å². The number of ketones is 1. The molecule has 0 aromatic heterocycles. The lowest BCUT2D eigenvalue weighted by molar-refractivity contribution is -0.302. The average molecular weight is 848 g/mol. The molecular weight excluding hydrogens is 783 g/mol. The van der Waals surface area contributed by atoms with Crippen molar-refractivity contribution in [2.45, 2.75) is 135 Å². The second kappa shape index (κ2) is 17.7. The van der Waals surface area contributed by atoms with Crippen LogP contribution in [0.5, 0.6) is 0 Å². The molecule has 5 aliphatic heterocycles. The Balaban J connectivity index is 1.39. The molecule has 5 aliphatic rings. The van der Waals surface area contributed by atoms with Gasteiger partial charge in [0.15, 0.2) is 11.9 Å². The number of fused-ring (bicyclic) bond motifs is 6. The van der Waals surface area contributed by atoms with E-state index in [1.165, 1.54) is 11.0 Å². The summed E-state index contributed by atoms with van der Waals surface area (Å²) in [7, 11) is 3.81. The zero-order valence-corrected chi connectivity index (χ0v) is 37.3. The maximum absolute atomic E-state index is 14.9. The third kappa shape index (κ3) is 8.73. The molecule has 0 spiro atoms. The Morgan fingerprint density at radius 2 is 1.74 bits per heavy atom. The highest BCUT2D eigenvalue weighted by Crippen LogP contribution is 2.46. The predicted molar refractivity (Wildman–Crippen MR) is 227 cm³/mol. The zero-order valence-electron chi connectivity index (χ0n) is 37.3. The minimum atomic E-state index is -1.42. The highest BCUT2D eigenvalue weighted by Gasteiger charge is 2.61. The smallest absolute Gasteiger partial charge is 0.411 e. The van der Waals surface area contributed by atoms with Gasteiger partial charge in [-0.1, -0.05) is 58.0 Å². The van der Waals surface area contributed by atoms with Crippen LogP contribution in [0, 0.1) is 29.6 Å². The maximum Gasteiger partial charge on any atom is 0.411 e. The van der Waals surface area contributed by atoms with Crippen molar-refractivity contribution in [3.8, 4) is 0 Å². The van der Waals surface area contributed by atoms with Crippen LogP contribution in [0.2, 0.25) is 0 Å². The number of nitrogens with zero attached hydrogens (tertiary/aromatic N) is 2. The second-order valence-corrected chi connectivity index (χ2v) is 18.9. The molecule has 5 saturated heterocycles. The van der Waals surface area contributed by atoms with E-state index in [-0.39, 0.29) is 44.1 Å². The van der Waals surface area contributed by atoms with Gasteiger partial charge in [-0.3, -0.25) is 19.3 Å². The highest BCUT2D eigenvalue weighted by atomic mass is 16.7. The van der Waals surface area contributed by atoms with Gasteiger partial charge in [0.1, 0.15) is 18.0 Å². The third-order valence-electron chi connectivity index (χ3n) is 14.2. The number of aliphatic hydroxyl groups is 1. The summed E-state index contributed by atoms with van der Waals surface area (Å²) in [6.07, 6.45) is -3.06. The first kappa shape index (κ1) is 45.1. The molecule has 15 atom stereocenters. The molecule has 5 fully saturated rings. The van der Waals surface area contributed by atoms with Crippen LogP contribution >= 0.6 is 0 Å². The van der Waals surface area contributed by atoms with Crippen LogP contribution in [0.1, 0.15) is 74.7 Å². The SMILES string of the molecule is CC[C@H]1OC(=O)[C@H](C)[C@H]2OCC3COC(C)(C[C@@H](C)C(=O)[C@H](C)[C@@H]4N(C/C3=C/C(=O)Nc3ccc5ccccc5c3)C(=O)OC41C)[C@H](O[C@@H]1O[C@H](C)C[C@H](N(C)C)[C@H]1O)[C@H]2C. The molecule has 0 saturated carbocycles. The number of aliphatic hydroxyl groups excluding tert-OH is 1. The van der Waals surface area contributed by atoms with Crippen molar-refractivity contribution < 1.29 is 52.7 Å². The Hall–Kier alpha value is -3.92. The van der Waals surface area contributed by atoms with Gasteiger partial charge in [0.05, 0.1) is 49.1 Å². The number of ether oxygens (including phenoxy) is 6. The molecule has 334 valence electrons. The first-order valence-corrected chi connectivity index (χ1v) is 22.0. The topological polar surface area (TPSA) is 162 Å². The fourth-order valence-corrected chi connectivity index (χ4v) is 10.9. The number of amides is 2. The van der Waals surface area contributed by atoms with Gasteiger partial charge in [-0.15, -0.1) is 0 Å². The Morgan fingerprint density at radius 3 is 2.44 bits per heavy atom. The molecule has 61 heavy (non-hydrogen) atoms. The molecular formula is C47H65N3O11. The molecule has 6 bridgehead atoms. The van der Waals surface area contributed by atoms with E-state index in [4.69, 9.17) is 28.4 Å². The first-order chi connectivity index (χ1) is 28.8. The van der Waals surface area contributed by atoms with Gasteiger partial charge in [-0.05, 0) is 89.5 Å². The number of hydrogen-bond donors (Lipinski definition) is 2. The number of rotatable bonds is 6. The Morgan fingerprint density at radius 1 is 1.02 bits per heavy atom. The van der Waals surface area contributed by atoms with Crippen LogP contribution in [0.3, 0.4) is 0 Å². The number of carbonyl (C=O) groups excluding carboxylic acids is 4. The number of anilines is 1. The number of Topliss-reactive ketones (excluding diaryl/α,β-unsaturated/α-hetero) is 1. The number of benzene rings is 2. The van der Waals surface area contributed by atoms with Crippen LogP contribution in [-0.4, -0.2) is 133 Å². The van der Waals surface area contributed by atoms with Gasteiger partial charge in [-0.25, -0.2) is 4.79 Å². The summed E-state index contributed by atoms with van der Waals surface area (Å²) in [6.45, 7) is 14.7. The standard InChI is InChI=1S/C47H65N3O11/c1-11-36-47(8)41-27(4)38(52)25(2)21-46(7)42(60-44-39(53)35(49(9)10)18-26(3)58-44)28(5)40(29(6)43(54)59-36)56-23-33(24-57-46)32(22-50(41)45(55)61-47)20-37(51)48-34-17-16-30-14-12-13-15-31(30)19-34/h12-17,19-20,25-29,33,35-36,39-42,44,53H,11,18,21-24H2,1-10H3,(H,48,51)/b32-20-/t25-,26-,27+,28+,29-,33?,35+,36-,39-,40+,41+,42-,44+,46?,47?/m1/s1. The lowest BCUT2D eigenvalue weighted by Crippen LogP contribution is -2.61. The minimum absolute atomic E-state index is 0.00733. The summed E-state index contributed by atoms with van der Waals surface area (Å²) in [4.78, 5) is 61.3. The molecule has 14 nitrogen and oxygen atoms in total. The summed E-state index contributed by atoms with van der Waals surface area (Å²) in [6, 6.07) is 12.4. The quantitative estimate of drug-likeness (QED) is 0.269. The van der Waals surface area contributed by atoms with E-state index in [1.54, 1.807) is 20.8 Å². The molecule has 2 aromatic carbocycles. The summed E-state index contributed by atoms with van der Waals surface area (Å²) >= 11 is 0. The van der Waals surface area contributed by atoms with Crippen LogP contribution < -0.4 is 5.32 Å². The van der Waals surface area contributed by atoms with Gasteiger partial charge < -0.3 is 43.7 Å². The third-order valence-corrected chi connectivity index (χ3v) is 14.2. The summed E-state index contributed by atoms with van der Waals surface area (Å²) in [5, 5.41) is 16.7. The summed E-state index contributed by atoms with van der Waals surface area (Å²) < 4.78 is 39.9. The number of nitrogens with one attached hydrogen (secondary N) is 1. The molecule has 0 radical (unpaired) electrons. The van der Waals surface area contributed by atoms with Crippen LogP contribution in [0.15, 0.2) is 54.1 Å². The van der Waals surface area contributed by atoms with Gasteiger partial charge in [-0.2, -0.15) is 0 Å². The van der Waals surface area contributed by atoms with E-state index in [9.17, 15) is 24.3 Å². The number of esters is 1. The molecule has 5 heterocycles. The Kier molecular flexibility index (Phi) is 13.1. The van der Waals surface area contributed by atoms with Crippen molar-refractivity contribution in [2.75, 3.05) is 39.2 Å². The van der Waals surface area contributed by atoms with E-state index in [0.717, 1.165) is 10.8 Å². The van der Waals surface area contributed by atoms with Crippen molar-refractivity contribution in [1.82, 2.24) is 9.80 Å². The lowest BCUT2D eigenvalue weighted by atomic mass is 9.72. The molecule has 2 N–H and O–H groups in total. The van der Waals surface area contributed by atoms with E-state index < -0.39 is 95.5 Å². The van der Waals surface area contributed by atoms with Crippen molar-refractivity contribution in [3.05, 3.63) is 54.1 Å². The van der Waals surface area contributed by atoms with Crippen LogP contribution in [0.4, 0.5) is 10.5 Å². The van der Waals surface area contributed by atoms with Crippen molar-refractivity contribution in [2.24, 2.45) is 29.6 Å². The van der Waals surface area contributed by atoms with Gasteiger partial charge in [0.25, 0.3) is 0 Å². The minimum Gasteiger partial charge on any atom is -0.458 e. The number of carbonyl (C=O) groups is 4. The lowest BCUT2D eigenvalue weighted by Gasteiger charge is -2.48. The summed E-state index contributed by atoms with van der Waals surface area (Å²) in [5.74, 6) is -4.58. The number of likely N-dealkylation sites (N-methyl/N-ethyl adjacent to an activating group) is 1. The van der Waals surface area contributed by atoms with E-state index >= 15 is 0 Å². The van der Waals surface area contributed by atoms with Crippen LogP contribution in [-0.2, 0) is 42.8 Å². The zero-order chi connectivity index (χ0) is 44.1. The Bertz CT molecular complexity index is 2010. The molecule has 2 aromatic rings. The normalized spacial score (nSPS) is 40.5. The largest absolute Gasteiger partial charge is 0.458 e. The molecule has 7 rings (SSSR count). The summed E-state index contributed by atoms with van der Waals surface area (Å²) in [5.41, 5.74) is -1.53. The fraction of sp³-hybridized carbons (Fsp3) is 0.660. The molecule has 14 heteroatoms. The van der Waals surface area contributed by atoms with Crippen molar-refractivity contribution in [1.29, 1.82) is 0 Å². The predicted octanol–water partition coefficient (Wildman–Crippen LogP) is 5.74. The number of cyclic esters (lactones) is 1. The first-order valence-electron chi connectivity index (χ1n) is 22.0. The Labute approximate surface area is 359 Å². The fourth-order valence-electron chi connectivity index (χ4n) is 10.9. The maximum atomic E-state index is 14.9. The van der Waals surface area contributed by atoms with Gasteiger partial charge in [0.2, 0.25) is 5.91 Å². The highest BCUT2D eigenvalue weighted by molar-refractivity contribution is 6.01. The van der Waals surface area contributed by atoms with Crippen molar-refractivity contribution in [3.63, 3.8) is 0 Å². The second-order valence-electron chi connectivity index (χ2n) is 18.9. The molecule has 0 aliphatic carbocycles. The van der Waals surface area contributed by atoms with E-state index in [1.807, 2.05) is 96.1 Å². The number of hydrogen-bond acceptors (Lipinski definition) is 12. The van der Waals surface area contributed by atoms with Crippen LogP contribution in [0.25, 0.3) is 10.8 Å². The van der Waals surface area contributed by atoms with Crippen molar-refractivity contribution >= 4 is 40.2 Å². The van der Waals surface area contributed by atoms with Gasteiger partial charge in [0, 0.05) is 48.0 Å². The molecule has 2 amide bonds. The monoisotopic (exact) mass is 847 g/mol. The molecule has 3 unspecified atom stereocenters. The average Bonchev–Trinajstić information content (AvgIpc) is 3.49. The van der Waals surface area contributed by atoms with E-state index in [0.29, 0.717) is 24.1 Å².